The molecule has 0 saturated carbocycles. The van der Waals surface area contributed by atoms with Crippen molar-refractivity contribution in [2.75, 3.05) is 31.9 Å². The number of carbonyl (C=O) groups excluding carboxylic acids is 2. The third kappa shape index (κ3) is 6.27. The van der Waals surface area contributed by atoms with E-state index >= 15 is 0 Å². The van der Waals surface area contributed by atoms with Gasteiger partial charge in [-0.2, -0.15) is 5.11 Å². The standard InChI is InChI=1S/C22H25Cl2N3O6/c1-6-32-15-9-8-10-16(33-7-2)21(15)27(24)22(29)19(13(3)28)25-26-20-17(30-4)11-14(23)12-18(20)31-5/h8-12,19H,6-7H2,1-5H3. The van der Waals surface area contributed by atoms with Crippen LogP contribution in [0.2, 0.25) is 5.02 Å². The van der Waals surface area contributed by atoms with Gasteiger partial charge < -0.3 is 18.9 Å². The lowest BCUT2D eigenvalue weighted by molar-refractivity contribution is -0.126. The number of hydrogen-bond donors (Lipinski definition) is 0. The topological polar surface area (TPSA) is 99.0 Å². The van der Waals surface area contributed by atoms with Gasteiger partial charge in [-0.3, -0.25) is 9.59 Å². The normalized spacial score (nSPS) is 11.7. The third-order valence-corrected chi connectivity index (χ3v) is 4.84. The maximum Gasteiger partial charge on any atom is 0.276 e. The van der Waals surface area contributed by atoms with Crippen LogP contribution in [-0.4, -0.2) is 45.2 Å². The minimum Gasteiger partial charge on any atom is -0.494 e. The highest BCUT2D eigenvalue weighted by atomic mass is 35.5. The molecule has 0 saturated heterocycles. The molecule has 0 aliphatic rings. The molecule has 1 amide bonds. The lowest BCUT2D eigenvalue weighted by Gasteiger charge is -2.22. The summed E-state index contributed by atoms with van der Waals surface area (Å²) in [6.07, 6.45) is 0. The average Bonchev–Trinajstić information content (AvgIpc) is 2.79. The van der Waals surface area contributed by atoms with Crippen molar-refractivity contribution in [3.63, 3.8) is 0 Å². The number of anilines is 1. The van der Waals surface area contributed by atoms with Crippen molar-refractivity contribution in [2.45, 2.75) is 26.8 Å². The van der Waals surface area contributed by atoms with Crippen LogP contribution < -0.4 is 23.4 Å². The highest BCUT2D eigenvalue weighted by molar-refractivity contribution is 6.40. The van der Waals surface area contributed by atoms with Crippen molar-refractivity contribution in [3.05, 3.63) is 35.4 Å². The number of benzene rings is 2. The quantitative estimate of drug-likeness (QED) is 0.234. The van der Waals surface area contributed by atoms with E-state index in [9.17, 15) is 9.59 Å². The minimum absolute atomic E-state index is 0.161. The van der Waals surface area contributed by atoms with E-state index in [-0.39, 0.29) is 22.9 Å². The van der Waals surface area contributed by atoms with Crippen LogP contribution in [0.4, 0.5) is 11.4 Å². The lowest BCUT2D eigenvalue weighted by Crippen LogP contribution is -2.36. The van der Waals surface area contributed by atoms with Crippen molar-refractivity contribution >= 4 is 46.4 Å². The van der Waals surface area contributed by atoms with E-state index in [0.29, 0.717) is 29.7 Å². The number of para-hydroxylation sites is 1. The van der Waals surface area contributed by atoms with E-state index in [2.05, 4.69) is 10.2 Å². The van der Waals surface area contributed by atoms with Crippen LogP contribution in [-0.2, 0) is 9.59 Å². The molecule has 33 heavy (non-hydrogen) atoms. The zero-order valence-electron chi connectivity index (χ0n) is 18.9. The Morgan fingerprint density at radius 2 is 1.52 bits per heavy atom. The molecule has 0 spiro atoms. The molecule has 0 heterocycles. The predicted molar refractivity (Wildman–Crippen MR) is 126 cm³/mol. The zero-order chi connectivity index (χ0) is 24.5. The second kappa shape index (κ2) is 12.3. The molecular formula is C22H25Cl2N3O6. The van der Waals surface area contributed by atoms with E-state index in [4.69, 9.17) is 42.3 Å². The Morgan fingerprint density at radius 1 is 1.00 bits per heavy atom. The second-order valence-corrected chi connectivity index (χ2v) is 7.25. The van der Waals surface area contributed by atoms with Crippen LogP contribution in [0.3, 0.4) is 0 Å². The summed E-state index contributed by atoms with van der Waals surface area (Å²) in [7, 11) is 2.83. The van der Waals surface area contributed by atoms with Gasteiger partial charge in [-0.1, -0.05) is 17.7 Å². The van der Waals surface area contributed by atoms with Crippen LogP contribution in [0.1, 0.15) is 20.8 Å². The monoisotopic (exact) mass is 497 g/mol. The Labute approximate surface area is 202 Å². The van der Waals surface area contributed by atoms with Gasteiger partial charge in [-0.25, -0.2) is 4.42 Å². The number of amides is 1. The van der Waals surface area contributed by atoms with Gasteiger partial charge in [0.1, 0.15) is 17.2 Å². The van der Waals surface area contributed by atoms with Crippen LogP contribution in [0.25, 0.3) is 0 Å². The summed E-state index contributed by atoms with van der Waals surface area (Å²) >= 11 is 12.4. The second-order valence-electron chi connectivity index (χ2n) is 6.48. The maximum absolute atomic E-state index is 13.2. The molecule has 0 bridgehead atoms. The van der Waals surface area contributed by atoms with Gasteiger partial charge in [0.15, 0.2) is 23.0 Å². The van der Waals surface area contributed by atoms with Crippen molar-refractivity contribution in [3.8, 4) is 23.0 Å². The SMILES string of the molecule is CCOc1cccc(OCC)c1N(Cl)C(=O)C(N=Nc1c(OC)cc(Cl)cc1OC)C(C)=O. The number of hydrogen-bond acceptors (Lipinski definition) is 8. The zero-order valence-corrected chi connectivity index (χ0v) is 20.4. The molecule has 2 aromatic rings. The molecule has 0 N–H and O–H groups in total. The highest BCUT2D eigenvalue weighted by Gasteiger charge is 2.32. The number of ketones is 1. The van der Waals surface area contributed by atoms with Gasteiger partial charge in [0.05, 0.1) is 27.4 Å². The summed E-state index contributed by atoms with van der Waals surface area (Å²) in [6, 6.07) is 6.44. The van der Waals surface area contributed by atoms with Crippen molar-refractivity contribution < 1.29 is 28.5 Å². The molecule has 178 valence electrons. The van der Waals surface area contributed by atoms with E-state index < -0.39 is 17.7 Å². The fourth-order valence-corrected chi connectivity index (χ4v) is 3.29. The summed E-state index contributed by atoms with van der Waals surface area (Å²) in [5, 5.41) is 8.36. The highest BCUT2D eigenvalue weighted by Crippen LogP contribution is 2.42. The smallest absolute Gasteiger partial charge is 0.276 e. The molecule has 11 heteroatoms. The predicted octanol–water partition coefficient (Wildman–Crippen LogP) is 5.38. The molecule has 0 aromatic heterocycles. The first-order valence-corrected chi connectivity index (χ1v) is 10.7. The van der Waals surface area contributed by atoms with Gasteiger partial charge in [-0.05, 0) is 32.9 Å². The van der Waals surface area contributed by atoms with Crippen LogP contribution >= 0.6 is 23.4 Å². The van der Waals surface area contributed by atoms with E-state index in [1.807, 2.05) is 0 Å². The number of carbonyl (C=O) groups is 2. The molecule has 2 aromatic carbocycles. The molecule has 1 atom stereocenters. The van der Waals surface area contributed by atoms with E-state index in [0.717, 1.165) is 4.42 Å². The summed E-state index contributed by atoms with van der Waals surface area (Å²) in [5.74, 6) is -0.290. The molecule has 0 aliphatic carbocycles. The molecule has 0 fully saturated rings. The number of azo groups is 1. The summed E-state index contributed by atoms with van der Waals surface area (Å²) in [4.78, 5) is 25.5. The van der Waals surface area contributed by atoms with E-state index in [1.165, 1.54) is 33.3 Å². The number of Topliss-reactive ketones (excluding diaryl/α,β-unsaturated/α-hetero) is 1. The van der Waals surface area contributed by atoms with Gasteiger partial charge in [-0.15, -0.1) is 5.11 Å². The third-order valence-electron chi connectivity index (χ3n) is 4.29. The molecule has 0 radical (unpaired) electrons. The first kappa shape index (κ1) is 26.2. The number of halogens is 2. The number of nitrogens with zero attached hydrogens (tertiary/aromatic N) is 3. The Balaban J connectivity index is 2.48. The van der Waals surface area contributed by atoms with Crippen molar-refractivity contribution in [2.24, 2.45) is 10.2 Å². The maximum atomic E-state index is 13.2. The van der Waals surface area contributed by atoms with Crippen LogP contribution in [0, 0.1) is 0 Å². The van der Waals surface area contributed by atoms with Crippen LogP contribution in [0.5, 0.6) is 23.0 Å². The van der Waals surface area contributed by atoms with Gasteiger partial charge >= 0.3 is 0 Å². The van der Waals surface area contributed by atoms with E-state index in [1.54, 1.807) is 32.0 Å². The first-order valence-electron chi connectivity index (χ1n) is 10.00. The summed E-state index contributed by atoms with van der Waals surface area (Å²) in [5.41, 5.74) is 0.324. The Bertz CT molecular complexity index is 982. The van der Waals surface area contributed by atoms with Crippen LogP contribution in [0.15, 0.2) is 40.6 Å². The first-order chi connectivity index (χ1) is 15.8. The van der Waals surface area contributed by atoms with Gasteiger partial charge in [0.25, 0.3) is 5.91 Å². The molecule has 0 aliphatic heterocycles. The molecule has 2 rings (SSSR count). The molecular weight excluding hydrogens is 473 g/mol. The van der Waals surface area contributed by atoms with Gasteiger partial charge in [0.2, 0.25) is 6.04 Å². The summed E-state index contributed by atoms with van der Waals surface area (Å²) in [6.45, 7) is 5.44. The fraction of sp³-hybridized carbons (Fsp3) is 0.364. The number of methoxy groups -OCH3 is 2. The molecule has 1 unspecified atom stereocenters. The summed E-state index contributed by atoms with van der Waals surface area (Å²) < 4.78 is 22.5. The average molecular weight is 498 g/mol. The van der Waals surface area contributed by atoms with Crippen molar-refractivity contribution in [1.29, 1.82) is 0 Å². The fourth-order valence-electron chi connectivity index (χ4n) is 2.84. The Morgan fingerprint density at radius 3 is 1.94 bits per heavy atom. The Kier molecular flexibility index (Phi) is 9.74. The number of rotatable bonds is 11. The minimum atomic E-state index is -1.54. The number of ether oxygens (including phenoxy) is 4. The molecule has 9 nitrogen and oxygen atoms in total. The lowest BCUT2D eigenvalue weighted by atomic mass is 10.2. The Hall–Kier alpha value is -3.04. The van der Waals surface area contributed by atoms with Crippen molar-refractivity contribution in [1.82, 2.24) is 0 Å². The largest absolute Gasteiger partial charge is 0.494 e. The van der Waals surface area contributed by atoms with Gasteiger partial charge in [0, 0.05) is 28.9 Å².